The van der Waals surface area contributed by atoms with Gasteiger partial charge in [0.05, 0.1) is 5.69 Å². The number of halogens is 1. The minimum Gasteiger partial charge on any atom is -0.308 e. The Morgan fingerprint density at radius 1 is 1.26 bits per heavy atom. The summed E-state index contributed by atoms with van der Waals surface area (Å²) in [5, 5.41) is 4.18. The SMILES string of the molecule is Cc1cc(CNC2CC2)nc(-c2cccc(Cl)c2)n1. The second kappa shape index (κ2) is 5.27. The summed E-state index contributed by atoms with van der Waals surface area (Å²) in [6.45, 7) is 2.80. The second-order valence-corrected chi connectivity index (χ2v) is 5.43. The molecule has 0 atom stereocenters. The van der Waals surface area contributed by atoms with Gasteiger partial charge in [-0.2, -0.15) is 0 Å². The lowest BCUT2D eigenvalue weighted by Crippen LogP contribution is -2.16. The fourth-order valence-electron chi connectivity index (χ4n) is 2.02. The van der Waals surface area contributed by atoms with E-state index in [1.165, 1.54) is 12.8 Å². The normalized spacial score (nSPS) is 14.6. The Bertz CT molecular complexity index is 594. The van der Waals surface area contributed by atoms with Crippen molar-refractivity contribution in [3.05, 3.63) is 46.7 Å². The van der Waals surface area contributed by atoms with E-state index in [2.05, 4.69) is 15.3 Å². The molecule has 0 aliphatic heterocycles. The van der Waals surface area contributed by atoms with Crippen molar-refractivity contribution in [3.63, 3.8) is 0 Å². The molecule has 1 fully saturated rings. The van der Waals surface area contributed by atoms with Crippen LogP contribution in [-0.4, -0.2) is 16.0 Å². The highest BCUT2D eigenvalue weighted by Gasteiger charge is 2.20. The Morgan fingerprint density at radius 3 is 2.84 bits per heavy atom. The number of aryl methyl sites for hydroxylation is 1. The number of nitrogens with one attached hydrogen (secondary N) is 1. The van der Waals surface area contributed by atoms with Crippen LogP contribution in [0.25, 0.3) is 11.4 Å². The minimum absolute atomic E-state index is 0.685. The van der Waals surface area contributed by atoms with E-state index in [0.717, 1.165) is 29.3 Å². The van der Waals surface area contributed by atoms with Gasteiger partial charge >= 0.3 is 0 Å². The van der Waals surface area contributed by atoms with Crippen molar-refractivity contribution in [2.45, 2.75) is 32.4 Å². The molecule has 1 aliphatic rings. The number of benzene rings is 1. The lowest BCUT2D eigenvalue weighted by atomic mass is 10.2. The predicted molar refractivity (Wildman–Crippen MR) is 77.1 cm³/mol. The van der Waals surface area contributed by atoms with Gasteiger partial charge in [-0.25, -0.2) is 9.97 Å². The third kappa shape index (κ3) is 3.31. The van der Waals surface area contributed by atoms with Crippen LogP contribution in [-0.2, 0) is 6.54 Å². The first-order valence-corrected chi connectivity index (χ1v) is 6.92. The van der Waals surface area contributed by atoms with E-state index >= 15 is 0 Å². The van der Waals surface area contributed by atoms with Crippen molar-refractivity contribution >= 4 is 11.6 Å². The quantitative estimate of drug-likeness (QED) is 0.928. The molecule has 3 nitrogen and oxygen atoms in total. The largest absolute Gasteiger partial charge is 0.308 e. The standard InChI is InChI=1S/C15H16ClN3/c1-10-7-14(9-17-13-5-6-13)19-15(18-10)11-3-2-4-12(16)8-11/h2-4,7-8,13,17H,5-6,9H2,1H3. The number of nitrogens with zero attached hydrogens (tertiary/aromatic N) is 2. The van der Waals surface area contributed by atoms with Crippen LogP contribution in [0.1, 0.15) is 24.2 Å². The molecule has 2 aromatic rings. The summed E-state index contributed by atoms with van der Waals surface area (Å²) in [6, 6.07) is 10.4. The Balaban J connectivity index is 1.87. The molecule has 0 spiro atoms. The molecule has 0 radical (unpaired) electrons. The van der Waals surface area contributed by atoms with E-state index in [1.807, 2.05) is 37.3 Å². The van der Waals surface area contributed by atoms with Crippen LogP contribution in [0.4, 0.5) is 0 Å². The van der Waals surface area contributed by atoms with E-state index < -0.39 is 0 Å². The van der Waals surface area contributed by atoms with Gasteiger partial charge in [-0.05, 0) is 38.0 Å². The maximum absolute atomic E-state index is 6.02. The third-order valence-corrected chi connectivity index (χ3v) is 3.37. The van der Waals surface area contributed by atoms with Crippen molar-refractivity contribution in [2.24, 2.45) is 0 Å². The predicted octanol–water partition coefficient (Wildman–Crippen LogP) is 3.36. The Kier molecular flexibility index (Phi) is 3.49. The van der Waals surface area contributed by atoms with E-state index in [9.17, 15) is 0 Å². The van der Waals surface area contributed by atoms with Gasteiger partial charge in [-0.1, -0.05) is 23.7 Å². The van der Waals surface area contributed by atoms with E-state index in [1.54, 1.807) is 0 Å². The second-order valence-electron chi connectivity index (χ2n) is 4.99. The summed E-state index contributed by atoms with van der Waals surface area (Å²) >= 11 is 6.02. The van der Waals surface area contributed by atoms with E-state index in [4.69, 9.17) is 11.6 Å². The molecule has 1 N–H and O–H groups in total. The van der Waals surface area contributed by atoms with Gasteiger partial charge in [0.25, 0.3) is 0 Å². The molecule has 1 aromatic carbocycles. The summed E-state index contributed by atoms with van der Waals surface area (Å²) in [5.41, 5.74) is 2.98. The first-order valence-electron chi connectivity index (χ1n) is 6.54. The molecule has 0 bridgehead atoms. The van der Waals surface area contributed by atoms with Crippen LogP contribution in [0.5, 0.6) is 0 Å². The molecule has 19 heavy (non-hydrogen) atoms. The van der Waals surface area contributed by atoms with Gasteiger partial charge in [0.15, 0.2) is 5.82 Å². The molecule has 4 heteroatoms. The highest BCUT2D eigenvalue weighted by molar-refractivity contribution is 6.30. The molecular formula is C15H16ClN3. The van der Waals surface area contributed by atoms with Crippen molar-refractivity contribution in [1.29, 1.82) is 0 Å². The van der Waals surface area contributed by atoms with Crippen LogP contribution < -0.4 is 5.32 Å². The van der Waals surface area contributed by atoms with Gasteiger partial charge < -0.3 is 5.32 Å². The lowest BCUT2D eigenvalue weighted by molar-refractivity contribution is 0.672. The molecule has 98 valence electrons. The van der Waals surface area contributed by atoms with Crippen molar-refractivity contribution in [2.75, 3.05) is 0 Å². The van der Waals surface area contributed by atoms with Crippen molar-refractivity contribution < 1.29 is 0 Å². The first kappa shape index (κ1) is 12.6. The monoisotopic (exact) mass is 273 g/mol. The van der Waals surface area contributed by atoms with E-state index in [-0.39, 0.29) is 0 Å². The fraction of sp³-hybridized carbons (Fsp3) is 0.333. The smallest absolute Gasteiger partial charge is 0.159 e. The zero-order chi connectivity index (χ0) is 13.2. The van der Waals surface area contributed by atoms with Crippen molar-refractivity contribution in [3.8, 4) is 11.4 Å². The average molecular weight is 274 g/mol. The summed E-state index contributed by atoms with van der Waals surface area (Å²) < 4.78 is 0. The van der Waals surface area contributed by atoms with E-state index in [0.29, 0.717) is 11.1 Å². The van der Waals surface area contributed by atoms with Crippen LogP contribution >= 0.6 is 11.6 Å². The molecule has 1 aliphatic carbocycles. The molecule has 0 saturated heterocycles. The average Bonchev–Trinajstić information content (AvgIpc) is 3.20. The van der Waals surface area contributed by atoms with Crippen LogP contribution in [0.2, 0.25) is 5.02 Å². The molecular weight excluding hydrogens is 258 g/mol. The van der Waals surface area contributed by atoms with Crippen molar-refractivity contribution in [1.82, 2.24) is 15.3 Å². The Hall–Kier alpha value is -1.45. The zero-order valence-corrected chi connectivity index (χ0v) is 11.6. The topological polar surface area (TPSA) is 37.8 Å². The molecule has 0 unspecified atom stereocenters. The maximum atomic E-state index is 6.02. The van der Waals surface area contributed by atoms with Gasteiger partial charge in [0, 0.05) is 28.9 Å². The van der Waals surface area contributed by atoms with Gasteiger partial charge in [0.1, 0.15) is 0 Å². The third-order valence-electron chi connectivity index (χ3n) is 3.14. The highest BCUT2D eigenvalue weighted by atomic mass is 35.5. The maximum Gasteiger partial charge on any atom is 0.159 e. The molecule has 1 aromatic heterocycles. The number of hydrogen-bond acceptors (Lipinski definition) is 3. The number of hydrogen-bond donors (Lipinski definition) is 1. The van der Waals surface area contributed by atoms with Crippen LogP contribution in [0.3, 0.4) is 0 Å². The van der Waals surface area contributed by atoms with Crippen LogP contribution in [0, 0.1) is 6.92 Å². The Morgan fingerprint density at radius 2 is 2.11 bits per heavy atom. The molecule has 1 saturated carbocycles. The minimum atomic E-state index is 0.685. The van der Waals surface area contributed by atoms with Crippen LogP contribution in [0.15, 0.2) is 30.3 Å². The molecule has 0 amide bonds. The first-order chi connectivity index (χ1) is 9.20. The summed E-state index contributed by atoms with van der Waals surface area (Å²) in [6.07, 6.45) is 2.57. The number of rotatable bonds is 4. The molecule has 3 rings (SSSR count). The van der Waals surface area contributed by atoms with Gasteiger partial charge in [-0.3, -0.25) is 0 Å². The summed E-state index contributed by atoms with van der Waals surface area (Å²) in [5.74, 6) is 0.745. The van der Waals surface area contributed by atoms with Gasteiger partial charge in [0.2, 0.25) is 0 Å². The fourth-order valence-corrected chi connectivity index (χ4v) is 2.21. The number of aromatic nitrogens is 2. The summed E-state index contributed by atoms with van der Waals surface area (Å²) in [7, 11) is 0. The summed E-state index contributed by atoms with van der Waals surface area (Å²) in [4.78, 5) is 9.10. The highest BCUT2D eigenvalue weighted by Crippen LogP contribution is 2.21. The lowest BCUT2D eigenvalue weighted by Gasteiger charge is -2.07. The molecule has 1 heterocycles. The zero-order valence-electron chi connectivity index (χ0n) is 10.9. The Labute approximate surface area is 118 Å². The van der Waals surface area contributed by atoms with Gasteiger partial charge in [-0.15, -0.1) is 0 Å².